The average molecular weight is 844 g/mol. The molecule has 1 radical (unpaired) electrons. The van der Waals surface area contributed by atoms with E-state index < -0.39 is 0 Å². The molecule has 5 heteroatoms. The smallest absolute Gasteiger partial charge is 0.198 e. The molecule has 1 aliphatic heterocycles. The van der Waals surface area contributed by atoms with Crippen molar-refractivity contribution in [3.05, 3.63) is 162 Å². The second kappa shape index (κ2) is 12.8. The molecule has 0 fully saturated rings. The largest absolute Gasteiger partial charge is 0.455 e. The highest BCUT2D eigenvalue weighted by molar-refractivity contribution is 7.26. The molecule has 3 aromatic heterocycles. The summed E-state index contributed by atoms with van der Waals surface area (Å²) < 4.78 is 12.5. The third-order valence-electron chi connectivity index (χ3n) is 14.5. The van der Waals surface area contributed by atoms with E-state index in [1.165, 1.54) is 97.4 Å². The van der Waals surface area contributed by atoms with Gasteiger partial charge in [0.15, 0.2) is 7.28 Å². The van der Waals surface area contributed by atoms with Crippen molar-refractivity contribution in [3.8, 4) is 27.9 Å². The van der Waals surface area contributed by atoms with Gasteiger partial charge in [-0.2, -0.15) is 0 Å². The summed E-state index contributed by atoms with van der Waals surface area (Å²) >= 11 is 1.88. The van der Waals surface area contributed by atoms with Gasteiger partial charge in [0, 0.05) is 80.8 Å². The van der Waals surface area contributed by atoms with Crippen molar-refractivity contribution < 1.29 is 4.42 Å². The van der Waals surface area contributed by atoms with Gasteiger partial charge in [-0.05, 0) is 110 Å². The Bertz CT molecular complexity index is 3830. The Morgan fingerprint density at radius 2 is 1.31 bits per heavy atom. The predicted octanol–water partition coefficient (Wildman–Crippen LogP) is 15.3. The van der Waals surface area contributed by atoms with Crippen molar-refractivity contribution in [1.29, 1.82) is 0 Å². The third-order valence-corrected chi connectivity index (χ3v) is 15.7. The normalized spacial score (nSPS) is 14.2. The summed E-state index contributed by atoms with van der Waals surface area (Å²) in [6, 6.07) is 52.5. The minimum absolute atomic E-state index is 0.0324. The fourth-order valence-corrected chi connectivity index (χ4v) is 12.3. The molecule has 0 amide bonds. The Kier molecular flexibility index (Phi) is 7.59. The SMILES string of the molecule is CC(C)(C)c1ccc(Nc2cc3c(cc2-c2c4c5c(c6cc(C(C)(C)C)ccc6n5-c5cc6c(cc5[B]4)sc4ccccc46)c4c2oc2ccccc24)C(C)(C)c2ccccc2-3)cc1. The highest BCUT2D eigenvalue weighted by Gasteiger charge is 2.38. The lowest BCUT2D eigenvalue weighted by molar-refractivity contribution is 0.590. The molecule has 0 spiro atoms. The minimum Gasteiger partial charge on any atom is -0.455 e. The first-order valence-electron chi connectivity index (χ1n) is 22.7. The first-order valence-corrected chi connectivity index (χ1v) is 23.5. The number of benzene rings is 8. The van der Waals surface area contributed by atoms with Crippen LogP contribution in [0.5, 0.6) is 0 Å². The fraction of sp³-hybridized carbons (Fsp3) is 0.186. The number of para-hydroxylation sites is 1. The van der Waals surface area contributed by atoms with Gasteiger partial charge in [0.05, 0.1) is 5.52 Å². The van der Waals surface area contributed by atoms with Crippen molar-refractivity contribution in [2.75, 3.05) is 5.32 Å². The van der Waals surface area contributed by atoms with E-state index in [-0.39, 0.29) is 16.2 Å². The number of hydrogen-bond donors (Lipinski definition) is 1. The van der Waals surface area contributed by atoms with Crippen LogP contribution in [0.3, 0.4) is 0 Å². The van der Waals surface area contributed by atoms with E-state index in [1.54, 1.807) is 0 Å². The zero-order valence-corrected chi connectivity index (χ0v) is 38.4. The van der Waals surface area contributed by atoms with E-state index in [0.29, 0.717) is 0 Å². The van der Waals surface area contributed by atoms with Crippen LogP contribution < -0.4 is 16.2 Å². The monoisotopic (exact) mass is 843 g/mol. The van der Waals surface area contributed by atoms with Crippen molar-refractivity contribution in [3.63, 3.8) is 0 Å². The zero-order valence-electron chi connectivity index (χ0n) is 37.6. The van der Waals surface area contributed by atoms with E-state index in [0.717, 1.165) is 39.1 Å². The van der Waals surface area contributed by atoms with E-state index in [9.17, 15) is 0 Å². The van der Waals surface area contributed by atoms with E-state index in [4.69, 9.17) is 4.42 Å². The lowest BCUT2D eigenvalue weighted by Gasteiger charge is -2.26. The number of hydrogen-bond acceptors (Lipinski definition) is 3. The molecule has 13 rings (SSSR count). The number of nitrogens with one attached hydrogen (secondary N) is 1. The Labute approximate surface area is 378 Å². The Morgan fingerprint density at radius 3 is 2.11 bits per heavy atom. The highest BCUT2D eigenvalue weighted by Crippen LogP contribution is 2.54. The third kappa shape index (κ3) is 5.22. The number of nitrogens with zero attached hydrogens (tertiary/aromatic N) is 1. The highest BCUT2D eigenvalue weighted by atomic mass is 32.1. The lowest BCUT2D eigenvalue weighted by Crippen LogP contribution is -2.37. The molecule has 1 N–H and O–H groups in total. The second-order valence-electron chi connectivity index (χ2n) is 20.8. The second-order valence-corrected chi connectivity index (χ2v) is 21.9. The molecule has 309 valence electrons. The molecule has 0 saturated carbocycles. The number of aromatic nitrogens is 1. The first kappa shape index (κ1) is 38.0. The van der Waals surface area contributed by atoms with Crippen LogP contribution in [0.2, 0.25) is 0 Å². The maximum atomic E-state index is 7.30. The Morgan fingerprint density at radius 1 is 0.594 bits per heavy atom. The lowest BCUT2D eigenvalue weighted by atomic mass is 9.58. The Balaban J connectivity index is 1.20. The van der Waals surface area contributed by atoms with Crippen molar-refractivity contribution in [2.45, 2.75) is 71.6 Å². The molecular formula is C59H48BN2OS. The molecule has 11 aromatic rings. The molecule has 0 unspecified atom stereocenters. The molecule has 8 aromatic carbocycles. The summed E-state index contributed by atoms with van der Waals surface area (Å²) in [6.45, 7) is 18.5. The number of furan rings is 1. The first-order chi connectivity index (χ1) is 30.7. The van der Waals surface area contributed by atoms with Gasteiger partial charge >= 0.3 is 0 Å². The number of rotatable bonds is 3. The summed E-state index contributed by atoms with van der Waals surface area (Å²) in [4.78, 5) is 0. The molecule has 0 saturated heterocycles. The maximum Gasteiger partial charge on any atom is 0.198 e. The van der Waals surface area contributed by atoms with Crippen LogP contribution in [0.4, 0.5) is 11.4 Å². The fourth-order valence-electron chi connectivity index (χ4n) is 11.1. The quantitative estimate of drug-likeness (QED) is 0.180. The van der Waals surface area contributed by atoms with Crippen LogP contribution in [0.25, 0.3) is 91.9 Å². The molecule has 4 heterocycles. The van der Waals surface area contributed by atoms with Crippen LogP contribution in [0.15, 0.2) is 144 Å². The molecule has 1 aliphatic carbocycles. The standard InChI is InChI=1S/C59H48BN2OS/c1-57(2,3)32-21-24-34(25-22-32)61-45-29-38-35-15-9-12-18-42(35)59(7,8)43(38)28-40(45)53-54-55-51(52-37-17-10-13-19-48(37)63-56(52)53)41-27-33(58(4,5)6)23-26-46(41)62(55)47-30-39-36-16-11-14-20-49(36)64-50(39)31-44(47)60-54/h9-31,61H,1-8H3. The van der Waals surface area contributed by atoms with Gasteiger partial charge in [-0.1, -0.05) is 140 Å². The minimum atomic E-state index is -0.205. The van der Waals surface area contributed by atoms with Gasteiger partial charge in [0.2, 0.25) is 0 Å². The summed E-state index contributed by atoms with van der Waals surface area (Å²) in [5, 5.41) is 11.4. The Hall–Kier alpha value is -6.56. The van der Waals surface area contributed by atoms with Gasteiger partial charge in [-0.25, -0.2) is 0 Å². The maximum absolute atomic E-state index is 7.30. The van der Waals surface area contributed by atoms with Crippen molar-refractivity contribution >= 4 is 105 Å². The van der Waals surface area contributed by atoms with Crippen LogP contribution in [-0.4, -0.2) is 11.8 Å². The number of anilines is 2. The van der Waals surface area contributed by atoms with E-state index >= 15 is 0 Å². The molecule has 3 nitrogen and oxygen atoms in total. The van der Waals surface area contributed by atoms with E-state index in [2.05, 4.69) is 212 Å². The van der Waals surface area contributed by atoms with Gasteiger partial charge in [-0.3, -0.25) is 0 Å². The summed E-state index contributed by atoms with van der Waals surface area (Å²) in [7, 11) is 2.47. The van der Waals surface area contributed by atoms with Gasteiger partial charge in [0.1, 0.15) is 11.2 Å². The molecule has 64 heavy (non-hydrogen) atoms. The molecule has 0 bridgehead atoms. The van der Waals surface area contributed by atoms with Crippen LogP contribution in [0.1, 0.15) is 77.6 Å². The van der Waals surface area contributed by atoms with Crippen molar-refractivity contribution in [1.82, 2.24) is 4.57 Å². The predicted molar refractivity (Wildman–Crippen MR) is 276 cm³/mol. The summed E-state index contributed by atoms with van der Waals surface area (Å²) in [5.41, 5.74) is 19.9. The topological polar surface area (TPSA) is 30.1 Å². The number of fused-ring (bicyclic) bond motifs is 15. The molecule has 0 atom stereocenters. The van der Waals surface area contributed by atoms with Gasteiger partial charge in [0.25, 0.3) is 0 Å². The van der Waals surface area contributed by atoms with Gasteiger partial charge in [-0.15, -0.1) is 11.3 Å². The van der Waals surface area contributed by atoms with E-state index in [1.807, 2.05) is 11.3 Å². The molecular weight excluding hydrogens is 796 g/mol. The zero-order chi connectivity index (χ0) is 43.6. The summed E-state index contributed by atoms with van der Waals surface area (Å²) in [6.07, 6.45) is 0. The van der Waals surface area contributed by atoms with Gasteiger partial charge < -0.3 is 14.3 Å². The average Bonchev–Trinajstić information content (AvgIpc) is 3.99. The van der Waals surface area contributed by atoms with Crippen LogP contribution in [0, 0.1) is 0 Å². The molecule has 2 aliphatic rings. The summed E-state index contributed by atoms with van der Waals surface area (Å²) in [5.74, 6) is 0. The number of thiophene rings is 1. The van der Waals surface area contributed by atoms with Crippen LogP contribution >= 0.6 is 11.3 Å². The van der Waals surface area contributed by atoms with Crippen LogP contribution in [-0.2, 0) is 16.2 Å². The van der Waals surface area contributed by atoms with Crippen molar-refractivity contribution in [2.24, 2.45) is 0 Å².